The zero-order valence-corrected chi connectivity index (χ0v) is 13.0. The molecular formula is C17H26N2O2. The molecule has 1 atom stereocenters. The van der Waals surface area contributed by atoms with Crippen LogP contribution in [-0.2, 0) is 0 Å². The van der Waals surface area contributed by atoms with Gasteiger partial charge in [0, 0.05) is 30.4 Å². The zero-order chi connectivity index (χ0) is 15.2. The summed E-state index contributed by atoms with van der Waals surface area (Å²) in [5.41, 5.74) is 1.69. The van der Waals surface area contributed by atoms with Crippen LogP contribution >= 0.6 is 0 Å². The van der Waals surface area contributed by atoms with E-state index in [0.29, 0.717) is 18.2 Å². The van der Waals surface area contributed by atoms with E-state index in [-0.39, 0.29) is 12.0 Å². The summed E-state index contributed by atoms with van der Waals surface area (Å²) in [7, 11) is 0. The molecule has 0 aliphatic carbocycles. The Morgan fingerprint density at radius 1 is 1.43 bits per heavy atom. The lowest BCUT2D eigenvalue weighted by molar-refractivity contribution is 0.0474. The quantitative estimate of drug-likeness (QED) is 0.876. The van der Waals surface area contributed by atoms with Gasteiger partial charge in [-0.05, 0) is 43.9 Å². The van der Waals surface area contributed by atoms with Crippen molar-refractivity contribution in [1.82, 2.24) is 4.90 Å². The van der Waals surface area contributed by atoms with Gasteiger partial charge in [0.05, 0.1) is 6.10 Å². The molecule has 1 heterocycles. The highest BCUT2D eigenvalue weighted by Crippen LogP contribution is 2.18. The second-order valence-electron chi connectivity index (χ2n) is 5.79. The molecule has 1 fully saturated rings. The largest absolute Gasteiger partial charge is 0.391 e. The molecule has 1 aliphatic heterocycles. The van der Waals surface area contributed by atoms with Crippen molar-refractivity contribution in [3.63, 3.8) is 0 Å². The van der Waals surface area contributed by atoms with Crippen LogP contribution in [-0.4, -0.2) is 41.1 Å². The molecule has 2 N–H and O–H groups in total. The summed E-state index contributed by atoms with van der Waals surface area (Å²) in [5, 5.41) is 13.2. The van der Waals surface area contributed by atoms with Gasteiger partial charge in [-0.1, -0.05) is 19.9 Å². The van der Waals surface area contributed by atoms with Crippen molar-refractivity contribution in [2.45, 2.75) is 51.7 Å². The maximum absolute atomic E-state index is 12.5. The van der Waals surface area contributed by atoms with Crippen LogP contribution in [0, 0.1) is 0 Å². The van der Waals surface area contributed by atoms with E-state index in [2.05, 4.69) is 19.2 Å². The minimum absolute atomic E-state index is 0.0157. The van der Waals surface area contributed by atoms with E-state index >= 15 is 0 Å². The number of likely N-dealkylation sites (tertiary alicyclic amines) is 1. The van der Waals surface area contributed by atoms with Crippen LogP contribution in [0.25, 0.3) is 0 Å². The van der Waals surface area contributed by atoms with Crippen molar-refractivity contribution in [1.29, 1.82) is 0 Å². The first-order chi connectivity index (χ1) is 10.1. The Morgan fingerprint density at radius 2 is 2.19 bits per heavy atom. The molecule has 0 saturated carbocycles. The molecular weight excluding hydrogens is 264 g/mol. The Bertz CT molecular complexity index is 472. The smallest absolute Gasteiger partial charge is 0.254 e. The topological polar surface area (TPSA) is 52.6 Å². The van der Waals surface area contributed by atoms with E-state index in [0.717, 1.165) is 37.9 Å². The normalized spacial score (nSPS) is 18.9. The summed E-state index contributed by atoms with van der Waals surface area (Å²) >= 11 is 0. The molecule has 4 nitrogen and oxygen atoms in total. The van der Waals surface area contributed by atoms with E-state index in [1.807, 2.05) is 24.3 Å². The third-order valence-electron chi connectivity index (χ3n) is 4.15. The second kappa shape index (κ2) is 7.46. The fourth-order valence-corrected chi connectivity index (χ4v) is 2.79. The monoisotopic (exact) mass is 290 g/mol. The van der Waals surface area contributed by atoms with E-state index in [9.17, 15) is 9.90 Å². The zero-order valence-electron chi connectivity index (χ0n) is 13.0. The van der Waals surface area contributed by atoms with Gasteiger partial charge >= 0.3 is 0 Å². The minimum atomic E-state index is -0.381. The van der Waals surface area contributed by atoms with E-state index in [1.165, 1.54) is 0 Å². The van der Waals surface area contributed by atoms with Crippen LogP contribution in [0.5, 0.6) is 0 Å². The number of hydrogen-bond donors (Lipinski definition) is 2. The van der Waals surface area contributed by atoms with Crippen molar-refractivity contribution < 1.29 is 9.90 Å². The number of benzene rings is 1. The fraction of sp³-hybridized carbons (Fsp3) is 0.588. The first-order valence-corrected chi connectivity index (χ1v) is 7.98. The molecule has 2 rings (SSSR count). The number of nitrogens with zero attached hydrogens (tertiary/aromatic N) is 1. The Balaban J connectivity index is 2.07. The Labute approximate surface area is 127 Å². The SMILES string of the molecule is CCC(CC)Nc1cccc(C(=O)N2CCCC(O)C2)c1. The van der Waals surface area contributed by atoms with Gasteiger partial charge in [-0.2, -0.15) is 0 Å². The Hall–Kier alpha value is -1.55. The third-order valence-corrected chi connectivity index (χ3v) is 4.15. The number of rotatable bonds is 5. The molecule has 0 bridgehead atoms. The highest BCUT2D eigenvalue weighted by atomic mass is 16.3. The number of carbonyl (C=O) groups is 1. The molecule has 1 aromatic carbocycles. The van der Waals surface area contributed by atoms with Gasteiger partial charge in [-0.15, -0.1) is 0 Å². The van der Waals surface area contributed by atoms with Gasteiger partial charge in [-0.25, -0.2) is 0 Å². The van der Waals surface area contributed by atoms with Crippen LogP contribution in [0.2, 0.25) is 0 Å². The molecule has 0 spiro atoms. The lowest BCUT2D eigenvalue weighted by Gasteiger charge is -2.30. The number of piperidine rings is 1. The maximum Gasteiger partial charge on any atom is 0.254 e. The van der Waals surface area contributed by atoms with Gasteiger partial charge < -0.3 is 15.3 Å². The summed E-state index contributed by atoms with van der Waals surface area (Å²) in [5.74, 6) is 0.0157. The summed E-state index contributed by atoms with van der Waals surface area (Å²) in [4.78, 5) is 14.3. The Morgan fingerprint density at radius 3 is 2.86 bits per heavy atom. The van der Waals surface area contributed by atoms with E-state index in [4.69, 9.17) is 0 Å². The highest BCUT2D eigenvalue weighted by Gasteiger charge is 2.23. The van der Waals surface area contributed by atoms with Crippen molar-refractivity contribution >= 4 is 11.6 Å². The summed E-state index contributed by atoms with van der Waals surface area (Å²) in [6.45, 7) is 5.50. The van der Waals surface area contributed by atoms with Gasteiger partial charge in [-0.3, -0.25) is 4.79 Å². The number of amides is 1. The second-order valence-corrected chi connectivity index (χ2v) is 5.79. The lowest BCUT2D eigenvalue weighted by Crippen LogP contribution is -2.42. The maximum atomic E-state index is 12.5. The predicted molar refractivity (Wildman–Crippen MR) is 85.6 cm³/mol. The van der Waals surface area contributed by atoms with Crippen molar-refractivity contribution in [2.75, 3.05) is 18.4 Å². The molecule has 1 aliphatic rings. The number of nitrogens with one attached hydrogen (secondary N) is 1. The average molecular weight is 290 g/mol. The number of aliphatic hydroxyl groups is 1. The number of β-amino-alcohol motifs (C(OH)–C–C–N with tert-alkyl or cyclic N) is 1. The fourth-order valence-electron chi connectivity index (χ4n) is 2.79. The third kappa shape index (κ3) is 4.21. The van der Waals surface area contributed by atoms with E-state index in [1.54, 1.807) is 4.90 Å². The summed E-state index contributed by atoms with van der Waals surface area (Å²) in [6, 6.07) is 8.12. The number of aliphatic hydroxyl groups excluding tert-OH is 1. The lowest BCUT2D eigenvalue weighted by atomic mass is 10.1. The molecule has 0 radical (unpaired) electrons. The van der Waals surface area contributed by atoms with Gasteiger partial charge in [0.15, 0.2) is 0 Å². The minimum Gasteiger partial charge on any atom is -0.391 e. The number of carbonyl (C=O) groups excluding carboxylic acids is 1. The van der Waals surface area contributed by atoms with Gasteiger partial charge in [0.25, 0.3) is 5.91 Å². The highest BCUT2D eigenvalue weighted by molar-refractivity contribution is 5.95. The predicted octanol–water partition coefficient (Wildman–Crippen LogP) is 2.88. The first-order valence-electron chi connectivity index (χ1n) is 7.98. The van der Waals surface area contributed by atoms with Crippen molar-refractivity contribution in [3.05, 3.63) is 29.8 Å². The summed E-state index contributed by atoms with van der Waals surface area (Å²) in [6.07, 6.45) is 3.41. The van der Waals surface area contributed by atoms with Crippen LogP contribution in [0.4, 0.5) is 5.69 Å². The van der Waals surface area contributed by atoms with Crippen molar-refractivity contribution in [2.24, 2.45) is 0 Å². The molecule has 21 heavy (non-hydrogen) atoms. The average Bonchev–Trinajstić information content (AvgIpc) is 2.52. The van der Waals surface area contributed by atoms with Crippen LogP contribution in [0.1, 0.15) is 49.9 Å². The molecule has 1 amide bonds. The molecule has 0 aromatic heterocycles. The van der Waals surface area contributed by atoms with Gasteiger partial charge in [0.2, 0.25) is 0 Å². The van der Waals surface area contributed by atoms with Crippen molar-refractivity contribution in [3.8, 4) is 0 Å². The molecule has 1 unspecified atom stereocenters. The standard InChI is InChI=1S/C17H26N2O2/c1-3-14(4-2)18-15-8-5-7-13(11-15)17(21)19-10-6-9-16(20)12-19/h5,7-8,11,14,16,18,20H,3-4,6,9-10,12H2,1-2H3. The molecule has 4 heteroatoms. The molecule has 1 saturated heterocycles. The Kier molecular flexibility index (Phi) is 5.62. The van der Waals surface area contributed by atoms with Crippen LogP contribution in [0.15, 0.2) is 24.3 Å². The van der Waals surface area contributed by atoms with Gasteiger partial charge in [0.1, 0.15) is 0 Å². The molecule has 116 valence electrons. The van der Waals surface area contributed by atoms with Crippen LogP contribution in [0.3, 0.4) is 0 Å². The first kappa shape index (κ1) is 15.8. The molecule has 1 aromatic rings. The summed E-state index contributed by atoms with van der Waals surface area (Å²) < 4.78 is 0. The number of anilines is 1. The number of hydrogen-bond acceptors (Lipinski definition) is 3. The van der Waals surface area contributed by atoms with Crippen LogP contribution < -0.4 is 5.32 Å². The van der Waals surface area contributed by atoms with E-state index < -0.39 is 0 Å².